The molecule has 0 aliphatic carbocycles. The molecule has 0 aromatic rings. The summed E-state index contributed by atoms with van der Waals surface area (Å²) >= 11 is 0. The van der Waals surface area contributed by atoms with Crippen LogP contribution < -0.4 is 5.32 Å². The van der Waals surface area contributed by atoms with Gasteiger partial charge in [-0.1, -0.05) is 20.3 Å². The molecule has 0 saturated heterocycles. The van der Waals surface area contributed by atoms with Gasteiger partial charge in [-0.15, -0.1) is 0 Å². The molecule has 0 rings (SSSR count). The first-order chi connectivity index (χ1) is 7.05. The Bertz CT molecular complexity index is 149. The van der Waals surface area contributed by atoms with E-state index in [4.69, 9.17) is 4.74 Å². The number of ether oxygens (including phenoxy) is 1. The van der Waals surface area contributed by atoms with E-state index < -0.39 is 5.60 Å². The molecule has 0 aliphatic heterocycles. The second-order valence-electron chi connectivity index (χ2n) is 4.51. The number of hydrogen-bond acceptors (Lipinski definition) is 3. The maximum Gasteiger partial charge on any atom is 0.0765 e. The number of rotatable bonds is 9. The van der Waals surface area contributed by atoms with Crippen molar-refractivity contribution in [2.45, 2.75) is 58.1 Å². The monoisotopic (exact) mass is 217 g/mol. The first-order valence-corrected chi connectivity index (χ1v) is 6.00. The zero-order valence-corrected chi connectivity index (χ0v) is 10.7. The zero-order chi connectivity index (χ0) is 11.7. The lowest BCUT2D eigenvalue weighted by Crippen LogP contribution is -2.43. The van der Waals surface area contributed by atoms with Crippen molar-refractivity contribution in [1.29, 1.82) is 0 Å². The van der Waals surface area contributed by atoms with Crippen LogP contribution in [0.2, 0.25) is 0 Å². The van der Waals surface area contributed by atoms with Crippen LogP contribution in [0.15, 0.2) is 0 Å². The minimum Gasteiger partial charge on any atom is -0.389 e. The average molecular weight is 217 g/mol. The second kappa shape index (κ2) is 8.08. The van der Waals surface area contributed by atoms with E-state index in [1.807, 2.05) is 6.92 Å². The summed E-state index contributed by atoms with van der Waals surface area (Å²) in [5.41, 5.74) is -0.656. The number of hydrogen-bond donors (Lipinski definition) is 2. The molecular weight excluding hydrogens is 190 g/mol. The summed E-state index contributed by atoms with van der Waals surface area (Å²) in [7, 11) is 1.66. The van der Waals surface area contributed by atoms with Crippen molar-refractivity contribution in [2.24, 2.45) is 0 Å². The summed E-state index contributed by atoms with van der Waals surface area (Å²) in [4.78, 5) is 0. The van der Waals surface area contributed by atoms with Crippen molar-refractivity contribution in [2.75, 3.05) is 20.3 Å². The highest BCUT2D eigenvalue weighted by molar-refractivity contribution is 4.77. The van der Waals surface area contributed by atoms with Gasteiger partial charge in [0.15, 0.2) is 0 Å². The highest BCUT2D eigenvalue weighted by atomic mass is 16.5. The number of aliphatic hydroxyl groups is 1. The Morgan fingerprint density at radius 3 is 2.53 bits per heavy atom. The average Bonchev–Trinajstić information content (AvgIpc) is 2.21. The van der Waals surface area contributed by atoms with Gasteiger partial charge in [0.05, 0.1) is 5.60 Å². The molecule has 92 valence electrons. The SMILES string of the molecule is CCCC(CC)NCC(C)(O)CCOC. The third-order valence-electron chi connectivity index (χ3n) is 2.75. The lowest BCUT2D eigenvalue weighted by molar-refractivity contribution is 0.0224. The molecule has 2 atom stereocenters. The van der Waals surface area contributed by atoms with Crippen LogP contribution in [-0.4, -0.2) is 37.0 Å². The topological polar surface area (TPSA) is 41.5 Å². The molecule has 0 fully saturated rings. The maximum absolute atomic E-state index is 10.0. The van der Waals surface area contributed by atoms with Crippen molar-refractivity contribution in [3.63, 3.8) is 0 Å². The Hall–Kier alpha value is -0.120. The van der Waals surface area contributed by atoms with Crippen molar-refractivity contribution in [3.05, 3.63) is 0 Å². The smallest absolute Gasteiger partial charge is 0.0765 e. The molecular formula is C12H27NO2. The summed E-state index contributed by atoms with van der Waals surface area (Å²) in [5, 5.41) is 13.4. The molecule has 15 heavy (non-hydrogen) atoms. The third kappa shape index (κ3) is 7.77. The molecule has 0 heterocycles. The van der Waals surface area contributed by atoms with Gasteiger partial charge in [-0.3, -0.25) is 0 Å². The number of methoxy groups -OCH3 is 1. The van der Waals surface area contributed by atoms with Gasteiger partial charge in [-0.05, 0) is 19.8 Å². The van der Waals surface area contributed by atoms with Crippen LogP contribution in [0.3, 0.4) is 0 Å². The van der Waals surface area contributed by atoms with Gasteiger partial charge in [0.2, 0.25) is 0 Å². The molecule has 0 bridgehead atoms. The molecule has 3 heteroatoms. The first kappa shape index (κ1) is 14.9. The van der Waals surface area contributed by atoms with Gasteiger partial charge in [0.25, 0.3) is 0 Å². The van der Waals surface area contributed by atoms with Crippen molar-refractivity contribution >= 4 is 0 Å². The van der Waals surface area contributed by atoms with Crippen molar-refractivity contribution in [1.82, 2.24) is 5.32 Å². The van der Waals surface area contributed by atoms with Crippen LogP contribution in [-0.2, 0) is 4.74 Å². The standard InChI is InChI=1S/C12H27NO2/c1-5-7-11(6-2)13-10-12(3,14)8-9-15-4/h11,13-14H,5-10H2,1-4H3. The van der Waals surface area contributed by atoms with Crippen LogP contribution in [0.25, 0.3) is 0 Å². The van der Waals surface area contributed by atoms with Crippen LogP contribution in [0.4, 0.5) is 0 Å². The summed E-state index contributed by atoms with van der Waals surface area (Å²) < 4.78 is 4.97. The Morgan fingerprint density at radius 2 is 2.07 bits per heavy atom. The van der Waals surface area contributed by atoms with E-state index in [9.17, 15) is 5.11 Å². The van der Waals surface area contributed by atoms with Crippen molar-refractivity contribution in [3.8, 4) is 0 Å². The lowest BCUT2D eigenvalue weighted by atomic mass is 10.0. The lowest BCUT2D eigenvalue weighted by Gasteiger charge is -2.26. The third-order valence-corrected chi connectivity index (χ3v) is 2.75. The molecule has 0 saturated carbocycles. The molecule has 0 aromatic carbocycles. The van der Waals surface area contributed by atoms with E-state index >= 15 is 0 Å². The van der Waals surface area contributed by atoms with E-state index in [1.54, 1.807) is 7.11 Å². The Balaban J connectivity index is 3.78. The van der Waals surface area contributed by atoms with Gasteiger partial charge >= 0.3 is 0 Å². The minimum absolute atomic E-state index is 0.531. The summed E-state index contributed by atoms with van der Waals surface area (Å²) in [6.45, 7) is 7.48. The summed E-state index contributed by atoms with van der Waals surface area (Å²) in [5.74, 6) is 0. The van der Waals surface area contributed by atoms with E-state index in [1.165, 1.54) is 12.8 Å². The molecule has 0 spiro atoms. The van der Waals surface area contributed by atoms with E-state index in [0.29, 0.717) is 25.6 Å². The highest BCUT2D eigenvalue weighted by Gasteiger charge is 2.20. The fourth-order valence-corrected chi connectivity index (χ4v) is 1.57. The van der Waals surface area contributed by atoms with E-state index in [0.717, 1.165) is 6.42 Å². The quantitative estimate of drug-likeness (QED) is 0.620. The summed E-state index contributed by atoms with van der Waals surface area (Å²) in [6.07, 6.45) is 4.16. The molecule has 0 aromatic heterocycles. The molecule has 0 amide bonds. The first-order valence-electron chi connectivity index (χ1n) is 6.00. The minimum atomic E-state index is -0.656. The van der Waals surface area contributed by atoms with E-state index in [2.05, 4.69) is 19.2 Å². The Labute approximate surface area is 94.2 Å². The molecule has 0 aliphatic rings. The largest absolute Gasteiger partial charge is 0.389 e. The van der Waals surface area contributed by atoms with Gasteiger partial charge < -0.3 is 15.2 Å². The normalized spacial score (nSPS) is 17.4. The summed E-state index contributed by atoms with van der Waals surface area (Å²) in [6, 6.07) is 0.531. The van der Waals surface area contributed by atoms with Crippen LogP contribution in [0, 0.1) is 0 Å². The predicted molar refractivity (Wildman–Crippen MR) is 64.1 cm³/mol. The van der Waals surface area contributed by atoms with Crippen LogP contribution in [0.5, 0.6) is 0 Å². The fraction of sp³-hybridized carbons (Fsp3) is 1.00. The van der Waals surface area contributed by atoms with Gasteiger partial charge in [-0.25, -0.2) is 0 Å². The zero-order valence-electron chi connectivity index (χ0n) is 10.7. The van der Waals surface area contributed by atoms with Crippen LogP contribution in [0.1, 0.15) is 46.5 Å². The Morgan fingerprint density at radius 1 is 1.40 bits per heavy atom. The molecule has 3 nitrogen and oxygen atoms in total. The molecule has 0 radical (unpaired) electrons. The fourth-order valence-electron chi connectivity index (χ4n) is 1.57. The van der Waals surface area contributed by atoms with E-state index in [-0.39, 0.29) is 0 Å². The second-order valence-corrected chi connectivity index (χ2v) is 4.51. The van der Waals surface area contributed by atoms with Crippen molar-refractivity contribution < 1.29 is 9.84 Å². The van der Waals surface area contributed by atoms with Crippen LogP contribution >= 0.6 is 0 Å². The number of nitrogens with one attached hydrogen (secondary N) is 1. The van der Waals surface area contributed by atoms with Gasteiger partial charge in [0, 0.05) is 32.7 Å². The van der Waals surface area contributed by atoms with Gasteiger partial charge in [-0.2, -0.15) is 0 Å². The maximum atomic E-state index is 10.0. The Kier molecular flexibility index (Phi) is 8.02. The van der Waals surface area contributed by atoms with Gasteiger partial charge in [0.1, 0.15) is 0 Å². The highest BCUT2D eigenvalue weighted by Crippen LogP contribution is 2.09. The predicted octanol–water partition coefficient (Wildman–Crippen LogP) is 1.94. The molecule has 2 unspecified atom stereocenters. The molecule has 2 N–H and O–H groups in total.